The lowest BCUT2D eigenvalue weighted by molar-refractivity contribution is 0.0946. The molecule has 0 bridgehead atoms. The van der Waals surface area contributed by atoms with Crippen LogP contribution in [0.5, 0.6) is 5.75 Å². The van der Waals surface area contributed by atoms with Gasteiger partial charge >= 0.3 is 0 Å². The molecule has 0 fully saturated rings. The first kappa shape index (κ1) is 21.2. The van der Waals surface area contributed by atoms with E-state index < -0.39 is 5.91 Å². The van der Waals surface area contributed by atoms with Gasteiger partial charge in [0.2, 0.25) is 5.01 Å². The van der Waals surface area contributed by atoms with E-state index in [1.165, 1.54) is 30.5 Å². The summed E-state index contributed by atoms with van der Waals surface area (Å²) in [6.07, 6.45) is 1.53. The maximum Gasteiger partial charge on any atom is 0.286 e. The summed E-state index contributed by atoms with van der Waals surface area (Å²) in [5.74, 6) is 0.0108. The predicted molar refractivity (Wildman–Crippen MR) is 115 cm³/mol. The highest BCUT2D eigenvalue weighted by atomic mass is 32.1. The molecule has 10 heteroatoms. The normalized spacial score (nSPS) is 10.5. The van der Waals surface area contributed by atoms with E-state index in [0.29, 0.717) is 27.8 Å². The van der Waals surface area contributed by atoms with Crippen LogP contribution in [0.4, 0.5) is 10.1 Å². The Labute approximate surface area is 186 Å². The SMILES string of the molecule is O=C(NCc1ccco1)c1cccc(NC(=O)c2nnc(COc3ccc(F)cc3)s2)c1. The van der Waals surface area contributed by atoms with Crippen molar-refractivity contribution >= 4 is 28.8 Å². The predicted octanol–water partition coefficient (Wildman–Crippen LogP) is 4.03. The van der Waals surface area contributed by atoms with Gasteiger partial charge in [-0.25, -0.2) is 4.39 Å². The molecule has 0 aliphatic carbocycles. The molecule has 0 aliphatic rings. The fourth-order valence-electron chi connectivity index (χ4n) is 2.68. The van der Waals surface area contributed by atoms with Crippen molar-refractivity contribution in [1.29, 1.82) is 0 Å². The third kappa shape index (κ3) is 5.55. The number of aromatic nitrogens is 2. The Morgan fingerprint density at radius 3 is 2.66 bits per heavy atom. The molecule has 162 valence electrons. The number of halogens is 1. The molecule has 2 amide bonds. The van der Waals surface area contributed by atoms with E-state index in [-0.39, 0.29) is 29.9 Å². The molecule has 32 heavy (non-hydrogen) atoms. The second-order valence-electron chi connectivity index (χ2n) is 6.54. The van der Waals surface area contributed by atoms with Crippen molar-refractivity contribution in [2.75, 3.05) is 5.32 Å². The van der Waals surface area contributed by atoms with Crippen LogP contribution >= 0.6 is 11.3 Å². The molecule has 0 spiro atoms. The summed E-state index contributed by atoms with van der Waals surface area (Å²) in [5, 5.41) is 13.9. The molecule has 2 aromatic carbocycles. The van der Waals surface area contributed by atoms with Crippen LogP contribution in [-0.2, 0) is 13.2 Å². The first-order valence-corrected chi connectivity index (χ1v) is 10.3. The number of hydrogen-bond acceptors (Lipinski definition) is 7. The number of anilines is 1. The minimum absolute atomic E-state index is 0.0991. The quantitative estimate of drug-likeness (QED) is 0.418. The maximum absolute atomic E-state index is 12.9. The van der Waals surface area contributed by atoms with Gasteiger partial charge in [-0.1, -0.05) is 17.4 Å². The molecule has 0 saturated carbocycles. The van der Waals surface area contributed by atoms with Gasteiger partial charge in [-0.3, -0.25) is 9.59 Å². The average Bonchev–Trinajstić information content (AvgIpc) is 3.49. The lowest BCUT2D eigenvalue weighted by Crippen LogP contribution is -2.22. The van der Waals surface area contributed by atoms with Crippen LogP contribution in [0, 0.1) is 5.82 Å². The van der Waals surface area contributed by atoms with Gasteiger partial charge in [0.1, 0.15) is 23.9 Å². The Morgan fingerprint density at radius 1 is 1.03 bits per heavy atom. The lowest BCUT2D eigenvalue weighted by atomic mass is 10.2. The minimum atomic E-state index is -0.455. The van der Waals surface area contributed by atoms with Crippen LogP contribution in [0.2, 0.25) is 0 Å². The fourth-order valence-corrected chi connectivity index (χ4v) is 3.33. The van der Waals surface area contributed by atoms with Crippen LogP contribution in [0.25, 0.3) is 0 Å². The van der Waals surface area contributed by atoms with E-state index in [2.05, 4.69) is 20.8 Å². The van der Waals surface area contributed by atoms with Gasteiger partial charge in [0.15, 0.2) is 5.01 Å². The van der Waals surface area contributed by atoms with Gasteiger partial charge in [0, 0.05) is 11.3 Å². The molecule has 0 unspecified atom stereocenters. The van der Waals surface area contributed by atoms with E-state index in [1.54, 1.807) is 36.4 Å². The van der Waals surface area contributed by atoms with Crippen LogP contribution in [0.15, 0.2) is 71.3 Å². The number of carbonyl (C=O) groups is 2. The second-order valence-corrected chi connectivity index (χ2v) is 7.60. The highest BCUT2D eigenvalue weighted by Crippen LogP contribution is 2.18. The Balaban J connectivity index is 1.33. The summed E-state index contributed by atoms with van der Waals surface area (Å²) < 4.78 is 23.6. The molecule has 0 saturated heterocycles. The molecule has 2 aromatic heterocycles. The van der Waals surface area contributed by atoms with Crippen LogP contribution in [0.1, 0.15) is 30.9 Å². The largest absolute Gasteiger partial charge is 0.486 e. The molecule has 0 aliphatic heterocycles. The molecule has 2 N–H and O–H groups in total. The standard InChI is InChI=1S/C22H17FN4O4S/c23-15-6-8-17(9-7-15)31-13-19-26-27-22(32-19)21(29)25-16-4-1-3-14(11-16)20(28)24-12-18-5-2-10-30-18/h1-11H,12-13H2,(H,24,28)(H,25,29). The number of amides is 2. The van der Waals surface area contributed by atoms with Gasteiger partial charge in [-0.15, -0.1) is 10.2 Å². The Kier molecular flexibility index (Phi) is 6.52. The minimum Gasteiger partial charge on any atom is -0.486 e. The molecule has 0 radical (unpaired) electrons. The van der Waals surface area contributed by atoms with Crippen molar-refractivity contribution < 1.29 is 23.1 Å². The number of carbonyl (C=O) groups excluding carboxylic acids is 2. The van der Waals surface area contributed by atoms with E-state index in [4.69, 9.17) is 9.15 Å². The number of hydrogen-bond donors (Lipinski definition) is 2. The van der Waals surface area contributed by atoms with Crippen LogP contribution in [0.3, 0.4) is 0 Å². The third-order valence-electron chi connectivity index (χ3n) is 4.22. The summed E-state index contributed by atoms with van der Waals surface area (Å²) in [6, 6.07) is 15.6. The molecule has 4 rings (SSSR count). The number of benzene rings is 2. The molecule has 4 aromatic rings. The number of rotatable bonds is 8. The first-order chi connectivity index (χ1) is 15.6. The first-order valence-electron chi connectivity index (χ1n) is 9.49. The van der Waals surface area contributed by atoms with Crippen molar-refractivity contribution in [1.82, 2.24) is 15.5 Å². The van der Waals surface area contributed by atoms with Gasteiger partial charge in [-0.05, 0) is 54.6 Å². The lowest BCUT2D eigenvalue weighted by Gasteiger charge is -2.07. The number of ether oxygens (including phenoxy) is 1. The summed E-state index contributed by atoms with van der Waals surface area (Å²) in [7, 11) is 0. The average molecular weight is 452 g/mol. The zero-order valence-electron chi connectivity index (χ0n) is 16.6. The molecule has 8 nitrogen and oxygen atoms in total. The van der Waals surface area contributed by atoms with Gasteiger partial charge in [-0.2, -0.15) is 0 Å². The van der Waals surface area contributed by atoms with Gasteiger partial charge in [0.25, 0.3) is 11.8 Å². The second kappa shape index (κ2) is 9.84. The Hall–Kier alpha value is -4.05. The van der Waals surface area contributed by atoms with E-state index in [1.807, 2.05) is 0 Å². The van der Waals surface area contributed by atoms with Crippen LogP contribution in [-0.4, -0.2) is 22.0 Å². The third-order valence-corrected chi connectivity index (χ3v) is 5.12. The van der Waals surface area contributed by atoms with Crippen molar-refractivity contribution in [3.8, 4) is 5.75 Å². The van der Waals surface area contributed by atoms with E-state index >= 15 is 0 Å². The summed E-state index contributed by atoms with van der Waals surface area (Å²) in [6.45, 7) is 0.359. The molecular weight excluding hydrogens is 435 g/mol. The van der Waals surface area contributed by atoms with Crippen LogP contribution < -0.4 is 15.4 Å². The maximum atomic E-state index is 12.9. The fraction of sp³-hybridized carbons (Fsp3) is 0.0909. The monoisotopic (exact) mass is 452 g/mol. The summed E-state index contributed by atoms with van der Waals surface area (Å²) in [4.78, 5) is 24.8. The Morgan fingerprint density at radius 2 is 1.88 bits per heavy atom. The highest BCUT2D eigenvalue weighted by Gasteiger charge is 2.15. The number of furan rings is 1. The summed E-state index contributed by atoms with van der Waals surface area (Å²) >= 11 is 1.08. The number of nitrogens with one attached hydrogen (secondary N) is 2. The smallest absolute Gasteiger partial charge is 0.286 e. The number of nitrogens with zero attached hydrogens (tertiary/aromatic N) is 2. The van der Waals surface area contributed by atoms with Gasteiger partial charge < -0.3 is 19.8 Å². The zero-order valence-corrected chi connectivity index (χ0v) is 17.4. The van der Waals surface area contributed by atoms with Crippen molar-refractivity contribution in [3.63, 3.8) is 0 Å². The van der Waals surface area contributed by atoms with E-state index in [9.17, 15) is 14.0 Å². The summed E-state index contributed by atoms with van der Waals surface area (Å²) in [5.41, 5.74) is 0.833. The highest BCUT2D eigenvalue weighted by molar-refractivity contribution is 7.13. The Bertz CT molecular complexity index is 1210. The zero-order chi connectivity index (χ0) is 22.3. The van der Waals surface area contributed by atoms with Crippen molar-refractivity contribution in [2.24, 2.45) is 0 Å². The van der Waals surface area contributed by atoms with Crippen molar-refractivity contribution in [3.05, 3.63) is 94.1 Å². The van der Waals surface area contributed by atoms with Gasteiger partial charge in [0.05, 0.1) is 12.8 Å². The van der Waals surface area contributed by atoms with Crippen molar-refractivity contribution in [2.45, 2.75) is 13.2 Å². The molecule has 2 heterocycles. The molecular formula is C22H17FN4O4S. The molecule has 0 atom stereocenters. The topological polar surface area (TPSA) is 106 Å². The van der Waals surface area contributed by atoms with E-state index in [0.717, 1.165) is 11.3 Å².